The molecule has 2 rings (SSSR count). The maximum absolute atomic E-state index is 13.1. The molecule has 1 N–H and O–H groups in total. The second kappa shape index (κ2) is 6.68. The topological polar surface area (TPSA) is 34.1 Å². The lowest BCUT2D eigenvalue weighted by Gasteiger charge is -2.15. The lowest BCUT2D eigenvalue weighted by Crippen LogP contribution is -2.18. The molecule has 2 aromatic rings. The van der Waals surface area contributed by atoms with Gasteiger partial charge < -0.3 is 10.1 Å². The summed E-state index contributed by atoms with van der Waals surface area (Å²) in [6.45, 7) is 2.52. The van der Waals surface area contributed by atoms with Gasteiger partial charge in [-0.2, -0.15) is 0 Å². The molecule has 0 amide bonds. The largest absolute Gasteiger partial charge is 0.496 e. The van der Waals surface area contributed by atoms with Crippen LogP contribution in [0, 0.1) is 5.82 Å². The van der Waals surface area contributed by atoms with Crippen LogP contribution in [0.25, 0.3) is 0 Å². The molecule has 20 heavy (non-hydrogen) atoms. The van der Waals surface area contributed by atoms with E-state index in [0.717, 1.165) is 16.9 Å². The lowest BCUT2D eigenvalue weighted by atomic mass is 10.1. The molecule has 1 heterocycles. The fourth-order valence-corrected chi connectivity index (χ4v) is 2.13. The van der Waals surface area contributed by atoms with Crippen LogP contribution in [-0.4, -0.2) is 12.1 Å². The maximum atomic E-state index is 13.1. The van der Waals surface area contributed by atoms with E-state index in [1.54, 1.807) is 19.4 Å². The number of benzene rings is 1. The molecule has 0 saturated carbocycles. The third-order valence-electron chi connectivity index (χ3n) is 3.07. The van der Waals surface area contributed by atoms with Crippen LogP contribution >= 0.6 is 11.6 Å². The molecule has 1 aromatic heterocycles. The third kappa shape index (κ3) is 3.68. The Labute approximate surface area is 122 Å². The Morgan fingerprint density at radius 3 is 2.85 bits per heavy atom. The first-order valence-corrected chi connectivity index (χ1v) is 6.64. The van der Waals surface area contributed by atoms with Gasteiger partial charge in [0.15, 0.2) is 0 Å². The van der Waals surface area contributed by atoms with Gasteiger partial charge in [0.2, 0.25) is 0 Å². The zero-order valence-corrected chi connectivity index (χ0v) is 12.1. The Bertz CT molecular complexity index is 592. The Balaban J connectivity index is 2.06. The highest BCUT2D eigenvalue weighted by Gasteiger charge is 2.09. The van der Waals surface area contributed by atoms with Gasteiger partial charge in [0.05, 0.1) is 13.3 Å². The molecule has 0 radical (unpaired) electrons. The van der Waals surface area contributed by atoms with E-state index in [1.165, 1.54) is 12.3 Å². The number of hydrogen-bond acceptors (Lipinski definition) is 3. The van der Waals surface area contributed by atoms with Crippen molar-refractivity contribution in [3.8, 4) is 5.75 Å². The zero-order chi connectivity index (χ0) is 14.5. The quantitative estimate of drug-likeness (QED) is 0.912. The molecule has 5 heteroatoms. The first kappa shape index (κ1) is 14.8. The predicted octanol–water partition coefficient (Wildman–Crippen LogP) is 3.73. The summed E-state index contributed by atoms with van der Waals surface area (Å²) in [4.78, 5) is 3.85. The van der Waals surface area contributed by atoms with Gasteiger partial charge in [0.1, 0.15) is 11.6 Å². The highest BCUT2D eigenvalue weighted by Crippen LogP contribution is 2.23. The van der Waals surface area contributed by atoms with Gasteiger partial charge in [0.25, 0.3) is 0 Å². The lowest BCUT2D eigenvalue weighted by molar-refractivity contribution is 0.406. The summed E-state index contributed by atoms with van der Waals surface area (Å²) in [6.07, 6.45) is 2.84. The van der Waals surface area contributed by atoms with Crippen LogP contribution in [0.2, 0.25) is 5.02 Å². The van der Waals surface area contributed by atoms with Crippen molar-refractivity contribution < 1.29 is 9.13 Å². The van der Waals surface area contributed by atoms with Crippen LogP contribution in [0.1, 0.15) is 24.1 Å². The van der Waals surface area contributed by atoms with Crippen molar-refractivity contribution in [2.24, 2.45) is 0 Å². The fourth-order valence-electron chi connectivity index (χ4n) is 1.93. The van der Waals surface area contributed by atoms with Gasteiger partial charge in [-0.25, -0.2) is 4.39 Å². The van der Waals surface area contributed by atoms with Crippen LogP contribution in [0.15, 0.2) is 36.7 Å². The second-order valence-corrected chi connectivity index (χ2v) is 4.93. The van der Waals surface area contributed by atoms with Crippen LogP contribution in [0.4, 0.5) is 4.39 Å². The van der Waals surface area contributed by atoms with E-state index >= 15 is 0 Å². The van der Waals surface area contributed by atoms with Crippen LogP contribution in [0.3, 0.4) is 0 Å². The van der Waals surface area contributed by atoms with Crippen molar-refractivity contribution in [1.82, 2.24) is 10.3 Å². The summed E-state index contributed by atoms with van der Waals surface area (Å²) in [7, 11) is 1.62. The number of rotatable bonds is 5. The minimum atomic E-state index is -0.337. The van der Waals surface area contributed by atoms with Crippen molar-refractivity contribution in [3.63, 3.8) is 0 Å². The standard InChI is InChI=1S/C15H16ClFN2O/c1-10(11-6-14(17)9-18-7-11)19-8-12-5-13(16)3-4-15(12)20-2/h3-7,9-10,19H,8H2,1-2H3/t10-/m0/s1. The summed E-state index contributed by atoms with van der Waals surface area (Å²) in [6, 6.07) is 6.91. The van der Waals surface area contributed by atoms with E-state index in [4.69, 9.17) is 16.3 Å². The number of aromatic nitrogens is 1. The molecule has 0 aliphatic heterocycles. The second-order valence-electron chi connectivity index (χ2n) is 4.50. The number of halogens is 2. The molecule has 0 bridgehead atoms. The Hall–Kier alpha value is -1.65. The fraction of sp³-hybridized carbons (Fsp3) is 0.267. The average Bonchev–Trinajstić information content (AvgIpc) is 2.45. The molecule has 0 spiro atoms. The van der Waals surface area contributed by atoms with E-state index in [2.05, 4.69) is 10.3 Å². The molecule has 1 atom stereocenters. The predicted molar refractivity (Wildman–Crippen MR) is 77.5 cm³/mol. The summed E-state index contributed by atoms with van der Waals surface area (Å²) in [5, 5.41) is 3.95. The molecule has 0 aliphatic carbocycles. The number of nitrogens with one attached hydrogen (secondary N) is 1. The van der Waals surface area contributed by atoms with E-state index in [1.807, 2.05) is 19.1 Å². The van der Waals surface area contributed by atoms with Crippen molar-refractivity contribution >= 4 is 11.6 Å². The smallest absolute Gasteiger partial charge is 0.141 e. The SMILES string of the molecule is COc1ccc(Cl)cc1CN[C@@H](C)c1cncc(F)c1. The van der Waals surface area contributed by atoms with Gasteiger partial charge in [0, 0.05) is 29.4 Å². The number of pyridine rings is 1. The van der Waals surface area contributed by atoms with Crippen molar-refractivity contribution in [1.29, 1.82) is 0 Å². The van der Waals surface area contributed by atoms with Crippen molar-refractivity contribution in [3.05, 3.63) is 58.6 Å². The van der Waals surface area contributed by atoms with Gasteiger partial charge in [-0.3, -0.25) is 4.98 Å². The van der Waals surface area contributed by atoms with E-state index in [0.29, 0.717) is 11.6 Å². The number of nitrogens with zero attached hydrogens (tertiary/aromatic N) is 1. The molecule has 1 aromatic carbocycles. The summed E-state index contributed by atoms with van der Waals surface area (Å²) < 4.78 is 18.4. The average molecular weight is 295 g/mol. The normalized spacial score (nSPS) is 12.2. The molecule has 0 unspecified atom stereocenters. The monoisotopic (exact) mass is 294 g/mol. The van der Waals surface area contributed by atoms with Crippen molar-refractivity contribution in [2.45, 2.75) is 19.5 Å². The molecule has 106 valence electrons. The molecule has 0 fully saturated rings. The van der Waals surface area contributed by atoms with E-state index in [-0.39, 0.29) is 11.9 Å². The highest BCUT2D eigenvalue weighted by molar-refractivity contribution is 6.30. The van der Waals surface area contributed by atoms with E-state index < -0.39 is 0 Å². The minimum Gasteiger partial charge on any atom is -0.496 e. The van der Waals surface area contributed by atoms with Crippen LogP contribution in [0.5, 0.6) is 5.75 Å². The number of methoxy groups -OCH3 is 1. The van der Waals surface area contributed by atoms with Gasteiger partial charge in [-0.05, 0) is 36.8 Å². The number of hydrogen-bond donors (Lipinski definition) is 1. The minimum absolute atomic E-state index is 0.0260. The van der Waals surface area contributed by atoms with Crippen molar-refractivity contribution in [2.75, 3.05) is 7.11 Å². The van der Waals surface area contributed by atoms with Gasteiger partial charge in [-0.1, -0.05) is 11.6 Å². The molecule has 3 nitrogen and oxygen atoms in total. The molecular weight excluding hydrogens is 279 g/mol. The maximum Gasteiger partial charge on any atom is 0.141 e. The van der Waals surface area contributed by atoms with E-state index in [9.17, 15) is 4.39 Å². The number of ether oxygens (including phenoxy) is 1. The van der Waals surface area contributed by atoms with Crippen LogP contribution < -0.4 is 10.1 Å². The zero-order valence-electron chi connectivity index (χ0n) is 11.4. The van der Waals surface area contributed by atoms with Gasteiger partial charge >= 0.3 is 0 Å². The summed E-state index contributed by atoms with van der Waals surface area (Å²) >= 11 is 5.98. The third-order valence-corrected chi connectivity index (χ3v) is 3.30. The first-order chi connectivity index (χ1) is 9.60. The summed E-state index contributed by atoms with van der Waals surface area (Å²) in [5.41, 5.74) is 1.75. The molecule has 0 saturated heterocycles. The Morgan fingerprint density at radius 1 is 1.35 bits per heavy atom. The summed E-state index contributed by atoms with van der Waals surface area (Å²) in [5.74, 6) is 0.433. The Morgan fingerprint density at radius 2 is 2.15 bits per heavy atom. The highest BCUT2D eigenvalue weighted by atomic mass is 35.5. The molecular formula is C15H16ClFN2O. The Kier molecular flexibility index (Phi) is 4.93. The van der Waals surface area contributed by atoms with Gasteiger partial charge in [-0.15, -0.1) is 0 Å². The first-order valence-electron chi connectivity index (χ1n) is 6.26. The van der Waals surface area contributed by atoms with Crippen LogP contribution in [-0.2, 0) is 6.54 Å². The molecule has 0 aliphatic rings.